The van der Waals surface area contributed by atoms with Crippen LogP contribution >= 0.6 is 0 Å². The summed E-state index contributed by atoms with van der Waals surface area (Å²) in [5.41, 5.74) is 3.59. The van der Waals surface area contributed by atoms with Crippen molar-refractivity contribution in [3.05, 3.63) is 0 Å². The third kappa shape index (κ3) is 3.92. The molecule has 0 saturated heterocycles. The van der Waals surface area contributed by atoms with E-state index in [4.69, 9.17) is 5.73 Å². The van der Waals surface area contributed by atoms with E-state index in [1.165, 1.54) is 6.92 Å². The molecule has 0 aliphatic carbocycles. The van der Waals surface area contributed by atoms with E-state index in [-0.39, 0.29) is 18.7 Å². The topological polar surface area (TPSA) is 60.2 Å². The second-order valence-electron chi connectivity index (χ2n) is 4.80. The number of halogens is 1. The number of hydrogen-bond donors (Lipinski definition) is 1. The highest BCUT2D eigenvalue weighted by atomic mass is 32.2. The minimum Gasteiger partial charge on any atom is -0.328 e. The van der Waals surface area contributed by atoms with Gasteiger partial charge in [0.25, 0.3) is 0 Å². The van der Waals surface area contributed by atoms with Crippen molar-refractivity contribution in [2.45, 2.75) is 44.5 Å². The zero-order valence-corrected chi connectivity index (χ0v) is 10.1. The number of rotatable bonds is 4. The van der Waals surface area contributed by atoms with E-state index in [2.05, 4.69) is 0 Å². The maximum atomic E-state index is 13.3. The van der Waals surface area contributed by atoms with Crippen LogP contribution in [-0.2, 0) is 9.84 Å². The van der Waals surface area contributed by atoms with Gasteiger partial charge in [0.05, 0.1) is 10.5 Å². The van der Waals surface area contributed by atoms with Crippen molar-refractivity contribution in [1.29, 1.82) is 0 Å². The molecule has 0 amide bonds. The summed E-state index contributed by atoms with van der Waals surface area (Å²) in [6.07, 6.45) is -0.0386. The van der Waals surface area contributed by atoms with Crippen LogP contribution in [0.1, 0.15) is 34.1 Å². The molecule has 3 nitrogen and oxygen atoms in total. The summed E-state index contributed by atoms with van der Waals surface area (Å²) in [5, 5.41) is 0. The van der Waals surface area contributed by atoms with Crippen LogP contribution in [0.2, 0.25) is 0 Å². The van der Waals surface area contributed by atoms with Crippen molar-refractivity contribution in [2.75, 3.05) is 12.3 Å². The lowest BCUT2D eigenvalue weighted by Crippen LogP contribution is -2.36. The van der Waals surface area contributed by atoms with Crippen LogP contribution in [0.25, 0.3) is 0 Å². The molecule has 0 bridgehead atoms. The zero-order valence-electron chi connectivity index (χ0n) is 9.30. The van der Waals surface area contributed by atoms with Gasteiger partial charge in [-0.2, -0.15) is 0 Å². The first-order valence-electron chi connectivity index (χ1n) is 4.63. The van der Waals surface area contributed by atoms with Gasteiger partial charge < -0.3 is 5.73 Å². The Bertz CT molecular complexity index is 278. The lowest BCUT2D eigenvalue weighted by Gasteiger charge is -2.23. The summed E-state index contributed by atoms with van der Waals surface area (Å²) in [4.78, 5) is 0. The van der Waals surface area contributed by atoms with Gasteiger partial charge in [0.1, 0.15) is 5.67 Å². The van der Waals surface area contributed by atoms with Gasteiger partial charge >= 0.3 is 0 Å². The molecule has 0 heterocycles. The first-order valence-corrected chi connectivity index (χ1v) is 6.28. The average molecular weight is 225 g/mol. The molecule has 1 unspecified atom stereocenters. The fourth-order valence-corrected chi connectivity index (χ4v) is 2.06. The van der Waals surface area contributed by atoms with Crippen molar-refractivity contribution < 1.29 is 12.8 Å². The Kier molecular flexibility index (Phi) is 4.10. The van der Waals surface area contributed by atoms with Gasteiger partial charge in [0.15, 0.2) is 9.84 Å². The summed E-state index contributed by atoms with van der Waals surface area (Å²) in [6.45, 7) is 6.01. The molecular formula is C9H20FNO2S. The van der Waals surface area contributed by atoms with Crippen molar-refractivity contribution in [3.8, 4) is 0 Å². The highest BCUT2D eigenvalue weighted by Gasteiger charge is 2.32. The quantitative estimate of drug-likeness (QED) is 0.784. The van der Waals surface area contributed by atoms with Crippen LogP contribution in [0.4, 0.5) is 4.39 Å². The Morgan fingerprint density at radius 3 is 1.93 bits per heavy atom. The third-order valence-corrected chi connectivity index (χ3v) is 4.86. The van der Waals surface area contributed by atoms with Crippen LogP contribution < -0.4 is 5.73 Å². The van der Waals surface area contributed by atoms with E-state index in [1.54, 1.807) is 20.8 Å². The molecule has 1 atom stereocenters. The van der Waals surface area contributed by atoms with Crippen molar-refractivity contribution >= 4 is 9.84 Å². The Labute approximate surface area is 85.8 Å². The number of alkyl halides is 1. The fourth-order valence-electron chi connectivity index (χ4n) is 0.755. The highest BCUT2D eigenvalue weighted by molar-refractivity contribution is 7.92. The van der Waals surface area contributed by atoms with Gasteiger partial charge in [-0.1, -0.05) is 0 Å². The van der Waals surface area contributed by atoms with Gasteiger partial charge in [-0.05, 0) is 34.1 Å². The summed E-state index contributed by atoms with van der Waals surface area (Å²) >= 11 is 0. The maximum absolute atomic E-state index is 13.3. The van der Waals surface area contributed by atoms with Crippen LogP contribution in [0.3, 0.4) is 0 Å². The molecule has 0 saturated carbocycles. The molecule has 86 valence electrons. The van der Waals surface area contributed by atoms with Gasteiger partial charge in [-0.15, -0.1) is 0 Å². The maximum Gasteiger partial charge on any atom is 0.155 e. The van der Waals surface area contributed by atoms with E-state index in [1.807, 2.05) is 0 Å². The van der Waals surface area contributed by atoms with Gasteiger partial charge in [0.2, 0.25) is 0 Å². The van der Waals surface area contributed by atoms with E-state index >= 15 is 0 Å². The molecular weight excluding hydrogens is 205 g/mol. The second-order valence-corrected chi connectivity index (χ2v) is 7.66. The van der Waals surface area contributed by atoms with Gasteiger partial charge in [-0.25, -0.2) is 12.8 Å². The fraction of sp³-hybridized carbons (Fsp3) is 1.00. The van der Waals surface area contributed by atoms with Crippen molar-refractivity contribution in [2.24, 2.45) is 5.73 Å². The van der Waals surface area contributed by atoms with Gasteiger partial charge in [0, 0.05) is 6.54 Å². The van der Waals surface area contributed by atoms with Gasteiger partial charge in [-0.3, -0.25) is 0 Å². The average Bonchev–Trinajstić information content (AvgIpc) is 1.99. The normalized spacial score (nSPS) is 17.9. The van der Waals surface area contributed by atoms with E-state index in [9.17, 15) is 12.8 Å². The van der Waals surface area contributed by atoms with Crippen molar-refractivity contribution in [3.63, 3.8) is 0 Å². The molecule has 14 heavy (non-hydrogen) atoms. The first-order chi connectivity index (χ1) is 6.02. The van der Waals surface area contributed by atoms with Crippen LogP contribution in [0.5, 0.6) is 0 Å². The number of nitrogens with two attached hydrogens (primary N) is 1. The molecule has 0 aromatic rings. The van der Waals surface area contributed by atoms with E-state index < -0.39 is 20.3 Å². The lowest BCUT2D eigenvalue weighted by atomic mass is 10.1. The largest absolute Gasteiger partial charge is 0.328 e. The molecule has 0 aromatic carbocycles. The molecule has 0 aliphatic heterocycles. The number of sulfone groups is 1. The number of hydrogen-bond acceptors (Lipinski definition) is 3. The molecule has 0 spiro atoms. The minimum atomic E-state index is -3.24. The zero-order chi connectivity index (χ0) is 11.6. The smallest absolute Gasteiger partial charge is 0.155 e. The molecule has 0 radical (unpaired) electrons. The summed E-state index contributed by atoms with van der Waals surface area (Å²) in [6, 6.07) is 0. The predicted octanol–water partition coefficient (Wildman–Crippen LogP) is 1.28. The molecule has 0 rings (SSSR count). The Balaban J connectivity index is 4.43. The molecule has 0 aliphatic rings. The first kappa shape index (κ1) is 13.8. The summed E-state index contributed by atoms with van der Waals surface area (Å²) in [5.74, 6) is -0.152. The SMILES string of the molecule is CC(F)(CN)CCS(=O)(=O)C(C)(C)C. The molecule has 0 fully saturated rings. The van der Waals surface area contributed by atoms with Crippen molar-refractivity contribution in [1.82, 2.24) is 0 Å². The third-order valence-electron chi connectivity index (χ3n) is 2.25. The molecule has 2 N–H and O–H groups in total. The van der Waals surface area contributed by atoms with Crippen LogP contribution in [0, 0.1) is 0 Å². The Morgan fingerprint density at radius 2 is 1.64 bits per heavy atom. The summed E-state index contributed by atoms with van der Waals surface area (Å²) in [7, 11) is -3.24. The van der Waals surface area contributed by atoms with E-state index in [0.29, 0.717) is 0 Å². The standard InChI is InChI=1S/C9H20FNO2S/c1-8(2,3)14(12,13)6-5-9(4,10)7-11/h5-7,11H2,1-4H3. The lowest BCUT2D eigenvalue weighted by molar-refractivity contribution is 0.194. The molecule has 5 heteroatoms. The Morgan fingerprint density at radius 1 is 1.21 bits per heavy atom. The monoisotopic (exact) mass is 225 g/mol. The molecule has 0 aromatic heterocycles. The predicted molar refractivity (Wildman–Crippen MR) is 56.7 cm³/mol. The van der Waals surface area contributed by atoms with Crippen LogP contribution in [-0.4, -0.2) is 31.1 Å². The second kappa shape index (κ2) is 4.14. The van der Waals surface area contributed by atoms with E-state index in [0.717, 1.165) is 0 Å². The summed E-state index contributed by atoms with van der Waals surface area (Å²) < 4.78 is 35.7. The Hall–Kier alpha value is -0.160. The van der Waals surface area contributed by atoms with Crippen LogP contribution in [0.15, 0.2) is 0 Å². The highest BCUT2D eigenvalue weighted by Crippen LogP contribution is 2.21. The minimum absolute atomic E-state index is 0.0386.